The summed E-state index contributed by atoms with van der Waals surface area (Å²) in [4.78, 5) is 19.9. The van der Waals surface area contributed by atoms with E-state index in [-0.39, 0.29) is 5.69 Å². The minimum absolute atomic E-state index is 0.242. The van der Waals surface area contributed by atoms with E-state index in [9.17, 15) is 20.0 Å². The van der Waals surface area contributed by atoms with Gasteiger partial charge < -0.3 is 9.90 Å². The average Bonchev–Trinajstić information content (AvgIpc) is 2.50. The molecule has 0 unspecified atom stereocenters. The maximum absolute atomic E-state index is 10.3. The Morgan fingerprint density at radius 3 is 2.77 bits per heavy atom. The fourth-order valence-electron chi connectivity index (χ4n) is 0.742. The second kappa shape index (κ2) is 3.21. The van der Waals surface area contributed by atoms with E-state index in [2.05, 4.69) is 5.10 Å². The molecule has 1 aromatic rings. The van der Waals surface area contributed by atoms with Gasteiger partial charge in [0.05, 0.1) is 16.9 Å². The van der Waals surface area contributed by atoms with E-state index in [1.54, 1.807) is 0 Å². The molecule has 0 spiro atoms. The monoisotopic (exact) mass is 184 g/mol. The molecule has 1 rings (SSSR count). The van der Waals surface area contributed by atoms with Crippen LogP contribution in [0.2, 0.25) is 0 Å². The van der Waals surface area contributed by atoms with E-state index < -0.39 is 16.9 Å². The lowest BCUT2D eigenvalue weighted by Gasteiger charge is -2.11. The molecule has 0 amide bonds. The van der Waals surface area contributed by atoms with E-state index in [0.29, 0.717) is 0 Å². The molecule has 0 bridgehead atoms. The van der Waals surface area contributed by atoms with Crippen molar-refractivity contribution in [2.75, 3.05) is 0 Å². The van der Waals surface area contributed by atoms with Crippen molar-refractivity contribution in [3.05, 3.63) is 22.5 Å². The summed E-state index contributed by atoms with van der Waals surface area (Å²) in [6, 6.07) is -1.01. The Kier molecular flexibility index (Phi) is 2.27. The molecule has 7 nitrogen and oxygen atoms in total. The van der Waals surface area contributed by atoms with Crippen molar-refractivity contribution in [3.63, 3.8) is 0 Å². The third kappa shape index (κ3) is 1.81. The van der Waals surface area contributed by atoms with Gasteiger partial charge in [-0.15, -0.1) is 0 Å². The molecule has 70 valence electrons. The minimum Gasteiger partial charge on any atom is -0.548 e. The number of carboxylic acid groups (broad SMARTS) is 1. The third-order valence-corrected chi connectivity index (χ3v) is 1.54. The Morgan fingerprint density at radius 2 is 2.38 bits per heavy atom. The molecule has 13 heavy (non-hydrogen) atoms. The van der Waals surface area contributed by atoms with E-state index in [1.165, 1.54) is 6.92 Å². The lowest BCUT2D eigenvalue weighted by Crippen LogP contribution is -2.31. The third-order valence-electron chi connectivity index (χ3n) is 1.54. The molecular weight excluding hydrogens is 178 g/mol. The second-order valence-corrected chi connectivity index (χ2v) is 2.43. The summed E-state index contributed by atoms with van der Waals surface area (Å²) in [6.45, 7) is 1.33. The van der Waals surface area contributed by atoms with Crippen LogP contribution in [0, 0.1) is 10.1 Å². The molecule has 0 aliphatic rings. The largest absolute Gasteiger partial charge is 0.548 e. The fourth-order valence-corrected chi connectivity index (χ4v) is 0.742. The van der Waals surface area contributed by atoms with Crippen molar-refractivity contribution < 1.29 is 14.8 Å². The van der Waals surface area contributed by atoms with Gasteiger partial charge in [-0.05, 0) is 6.92 Å². The molecule has 0 aliphatic carbocycles. The van der Waals surface area contributed by atoms with Crippen LogP contribution in [0.5, 0.6) is 0 Å². The number of aliphatic carboxylic acids is 1. The van der Waals surface area contributed by atoms with Crippen LogP contribution in [0.4, 0.5) is 5.69 Å². The molecule has 0 N–H and O–H groups in total. The number of hydrogen-bond acceptors (Lipinski definition) is 5. The van der Waals surface area contributed by atoms with Crippen LogP contribution in [0.15, 0.2) is 12.4 Å². The number of carbonyl (C=O) groups is 1. The number of hydrogen-bond donors (Lipinski definition) is 0. The van der Waals surface area contributed by atoms with Crippen LogP contribution >= 0.6 is 0 Å². The van der Waals surface area contributed by atoms with Gasteiger partial charge in [0, 0.05) is 0 Å². The van der Waals surface area contributed by atoms with Gasteiger partial charge in [-0.2, -0.15) is 5.10 Å². The van der Waals surface area contributed by atoms with E-state index in [0.717, 1.165) is 17.1 Å². The molecule has 0 saturated carbocycles. The average molecular weight is 184 g/mol. The molecule has 0 saturated heterocycles. The first-order valence-corrected chi connectivity index (χ1v) is 3.41. The number of carbonyl (C=O) groups excluding carboxylic acids is 1. The number of rotatable bonds is 3. The zero-order valence-electron chi connectivity index (χ0n) is 6.71. The van der Waals surface area contributed by atoms with Gasteiger partial charge in [0.15, 0.2) is 0 Å². The topological polar surface area (TPSA) is 101 Å². The van der Waals surface area contributed by atoms with Crippen molar-refractivity contribution in [3.8, 4) is 0 Å². The molecule has 1 atom stereocenters. The van der Waals surface area contributed by atoms with Crippen molar-refractivity contribution >= 4 is 11.7 Å². The quantitative estimate of drug-likeness (QED) is 0.447. The van der Waals surface area contributed by atoms with Crippen LogP contribution in [0.3, 0.4) is 0 Å². The number of aromatic nitrogens is 2. The zero-order chi connectivity index (χ0) is 10.0. The highest BCUT2D eigenvalue weighted by molar-refractivity contribution is 5.68. The molecule has 0 radical (unpaired) electrons. The molecule has 0 fully saturated rings. The molecule has 0 aliphatic heterocycles. The Morgan fingerprint density at radius 1 is 1.77 bits per heavy atom. The normalized spacial score (nSPS) is 12.4. The van der Waals surface area contributed by atoms with E-state index in [4.69, 9.17) is 0 Å². The standard InChI is InChI=1S/C6H7N3O4/c1-4(6(10)11)8-3-5(2-7-8)9(12)13/h2-4H,1H3,(H,10,11)/p-1/t4-/m0/s1. The second-order valence-electron chi connectivity index (χ2n) is 2.43. The SMILES string of the molecule is C[C@@H](C(=O)[O-])n1cc([N+](=O)[O-])cn1. The summed E-state index contributed by atoms with van der Waals surface area (Å²) in [5.74, 6) is -1.34. The van der Waals surface area contributed by atoms with Crippen LogP contribution in [-0.4, -0.2) is 20.7 Å². The summed E-state index contributed by atoms with van der Waals surface area (Å²) >= 11 is 0. The maximum Gasteiger partial charge on any atom is 0.307 e. The van der Waals surface area contributed by atoms with Crippen LogP contribution in [0.1, 0.15) is 13.0 Å². The maximum atomic E-state index is 10.3. The molecular formula is C6H6N3O4-. The van der Waals surface area contributed by atoms with Gasteiger partial charge >= 0.3 is 5.69 Å². The van der Waals surface area contributed by atoms with Gasteiger partial charge in [-0.3, -0.25) is 14.8 Å². The Balaban J connectivity index is 2.91. The van der Waals surface area contributed by atoms with Gasteiger partial charge in [-0.1, -0.05) is 0 Å². The van der Waals surface area contributed by atoms with Crippen LogP contribution < -0.4 is 5.11 Å². The van der Waals surface area contributed by atoms with Crippen molar-refractivity contribution in [2.45, 2.75) is 13.0 Å². The Bertz CT molecular complexity index is 345. The summed E-state index contributed by atoms with van der Waals surface area (Å²) in [7, 11) is 0. The molecule has 1 heterocycles. The number of nitrogens with zero attached hydrogens (tertiary/aromatic N) is 3. The predicted octanol–water partition coefficient (Wildman–Crippen LogP) is -0.898. The number of nitro groups is 1. The Labute approximate surface area is 72.7 Å². The lowest BCUT2D eigenvalue weighted by molar-refractivity contribution is -0.385. The lowest BCUT2D eigenvalue weighted by atomic mass is 10.3. The van der Waals surface area contributed by atoms with Crippen LogP contribution in [0.25, 0.3) is 0 Å². The first-order chi connectivity index (χ1) is 6.02. The van der Waals surface area contributed by atoms with Gasteiger partial charge in [-0.25, -0.2) is 0 Å². The first kappa shape index (κ1) is 9.17. The Hall–Kier alpha value is -1.92. The van der Waals surface area contributed by atoms with E-state index in [1.807, 2.05) is 0 Å². The van der Waals surface area contributed by atoms with Crippen molar-refractivity contribution in [1.29, 1.82) is 0 Å². The summed E-state index contributed by atoms with van der Waals surface area (Å²) in [6.07, 6.45) is 2.03. The highest BCUT2D eigenvalue weighted by atomic mass is 16.6. The first-order valence-electron chi connectivity index (χ1n) is 3.41. The minimum atomic E-state index is -1.34. The summed E-state index contributed by atoms with van der Waals surface area (Å²) in [5.41, 5.74) is -0.242. The zero-order valence-corrected chi connectivity index (χ0v) is 6.71. The van der Waals surface area contributed by atoms with Gasteiger partial charge in [0.2, 0.25) is 0 Å². The molecule has 7 heteroatoms. The fraction of sp³-hybridized carbons (Fsp3) is 0.333. The van der Waals surface area contributed by atoms with Gasteiger partial charge in [0.1, 0.15) is 12.4 Å². The highest BCUT2D eigenvalue weighted by Gasteiger charge is 2.12. The summed E-state index contributed by atoms with van der Waals surface area (Å²) in [5, 5.41) is 24.0. The summed E-state index contributed by atoms with van der Waals surface area (Å²) < 4.78 is 0.966. The van der Waals surface area contributed by atoms with Crippen molar-refractivity contribution in [1.82, 2.24) is 9.78 Å². The van der Waals surface area contributed by atoms with Gasteiger partial charge in [0.25, 0.3) is 0 Å². The van der Waals surface area contributed by atoms with E-state index >= 15 is 0 Å². The molecule has 1 aromatic heterocycles. The van der Waals surface area contributed by atoms with Crippen molar-refractivity contribution in [2.24, 2.45) is 0 Å². The smallest absolute Gasteiger partial charge is 0.307 e. The predicted molar refractivity (Wildman–Crippen MR) is 38.6 cm³/mol. The van der Waals surface area contributed by atoms with Crippen LogP contribution in [-0.2, 0) is 4.79 Å². The highest BCUT2D eigenvalue weighted by Crippen LogP contribution is 2.11. The molecule has 0 aromatic carbocycles. The number of carboxylic acids is 1.